The minimum absolute atomic E-state index is 0.397. The van der Waals surface area contributed by atoms with Gasteiger partial charge in [-0.3, -0.25) is 0 Å². The summed E-state index contributed by atoms with van der Waals surface area (Å²) in [5.74, 6) is 2.28. The lowest BCUT2D eigenvalue weighted by atomic mass is 9.40. The average Bonchev–Trinajstić information content (AvgIpc) is 2.62. The summed E-state index contributed by atoms with van der Waals surface area (Å²) in [5, 5.41) is 10.9. The van der Waals surface area contributed by atoms with E-state index in [4.69, 9.17) is 4.74 Å². The summed E-state index contributed by atoms with van der Waals surface area (Å²) in [7, 11) is 0. The van der Waals surface area contributed by atoms with E-state index in [1.165, 1.54) is 51.4 Å². The van der Waals surface area contributed by atoms with Crippen molar-refractivity contribution in [3.8, 4) is 0 Å². The van der Waals surface area contributed by atoms with E-state index >= 15 is 0 Å². The Morgan fingerprint density at radius 1 is 0.955 bits per heavy atom. The first kappa shape index (κ1) is 14.3. The third-order valence-corrected chi connectivity index (χ3v) is 9.14. The van der Waals surface area contributed by atoms with Crippen molar-refractivity contribution in [1.82, 2.24) is 0 Å². The lowest BCUT2D eigenvalue weighted by Gasteiger charge is -2.67. The van der Waals surface area contributed by atoms with E-state index in [9.17, 15) is 5.11 Å². The van der Waals surface area contributed by atoms with Gasteiger partial charge in [0.25, 0.3) is 0 Å². The molecule has 1 saturated heterocycles. The Kier molecular flexibility index (Phi) is 2.67. The molecule has 1 heterocycles. The minimum Gasteiger partial charge on any atom is -0.390 e. The van der Waals surface area contributed by atoms with Crippen LogP contribution in [0, 0.1) is 34.0 Å². The van der Waals surface area contributed by atoms with E-state index in [2.05, 4.69) is 13.8 Å². The molecule has 22 heavy (non-hydrogen) atoms. The molecule has 0 radical (unpaired) electrons. The van der Waals surface area contributed by atoms with Gasteiger partial charge in [0, 0.05) is 5.41 Å². The van der Waals surface area contributed by atoms with Gasteiger partial charge in [0.15, 0.2) is 0 Å². The molecule has 7 atom stereocenters. The predicted octanol–water partition coefficient (Wildman–Crippen LogP) is 4.16. The van der Waals surface area contributed by atoms with Gasteiger partial charge in [-0.05, 0) is 86.9 Å². The second-order valence-electron chi connectivity index (χ2n) is 10.3. The number of ether oxygens (including phenoxy) is 1. The van der Waals surface area contributed by atoms with Crippen LogP contribution in [-0.2, 0) is 4.74 Å². The molecule has 1 N–H and O–H groups in total. The Labute approximate surface area is 135 Å². The lowest BCUT2D eigenvalue weighted by Crippen LogP contribution is -2.63. The summed E-state index contributed by atoms with van der Waals surface area (Å²) >= 11 is 0. The Morgan fingerprint density at radius 2 is 1.82 bits per heavy atom. The summed E-state index contributed by atoms with van der Waals surface area (Å²) in [5.41, 5.74) is 0.943. The second-order valence-corrected chi connectivity index (χ2v) is 10.3. The fraction of sp³-hybridized carbons (Fsp3) is 1.00. The SMILES string of the molecule is C[C@]12CCC[C@]3(COC1)[C@@H]2CC[C@@]12C[C@@H](CC[C@H]13)[C@](C)(O)C2. The summed E-state index contributed by atoms with van der Waals surface area (Å²) in [6.07, 6.45) is 11.9. The van der Waals surface area contributed by atoms with Crippen LogP contribution in [0.25, 0.3) is 0 Å². The van der Waals surface area contributed by atoms with Crippen molar-refractivity contribution in [2.45, 2.75) is 77.2 Å². The highest BCUT2D eigenvalue weighted by Gasteiger charge is 2.69. The van der Waals surface area contributed by atoms with E-state index < -0.39 is 5.60 Å². The highest BCUT2D eigenvalue weighted by atomic mass is 16.5. The van der Waals surface area contributed by atoms with Crippen molar-refractivity contribution in [1.29, 1.82) is 0 Å². The molecule has 5 aliphatic rings. The summed E-state index contributed by atoms with van der Waals surface area (Å²) in [6.45, 7) is 6.66. The van der Waals surface area contributed by atoms with Crippen LogP contribution in [0.5, 0.6) is 0 Å². The van der Waals surface area contributed by atoms with E-state index in [1.54, 1.807) is 0 Å². The molecule has 1 spiro atoms. The molecule has 124 valence electrons. The molecule has 5 fully saturated rings. The van der Waals surface area contributed by atoms with Gasteiger partial charge in [-0.25, -0.2) is 0 Å². The van der Waals surface area contributed by atoms with Crippen molar-refractivity contribution >= 4 is 0 Å². The average molecular weight is 304 g/mol. The smallest absolute Gasteiger partial charge is 0.0653 e. The first-order valence-electron chi connectivity index (χ1n) is 9.71. The molecule has 2 nitrogen and oxygen atoms in total. The third-order valence-electron chi connectivity index (χ3n) is 9.14. The summed E-state index contributed by atoms with van der Waals surface area (Å²) in [6, 6.07) is 0. The first-order chi connectivity index (χ1) is 10.4. The zero-order valence-electron chi connectivity index (χ0n) is 14.4. The standard InChI is InChI=1S/C20H32O2/c1-17-7-3-8-20(13-22-12-17)15(17)6-9-19-10-14(4-5-16(19)20)18(2,21)11-19/h14-16,21H,3-13H2,1-2H3/t14-,15-,16-,17+,18-,19+,20+/m1/s1. The molecule has 4 saturated carbocycles. The molecule has 0 aromatic heterocycles. The zero-order chi connectivity index (χ0) is 15.2. The fourth-order valence-electron chi connectivity index (χ4n) is 8.52. The van der Waals surface area contributed by atoms with E-state index in [1.807, 2.05) is 0 Å². The summed E-state index contributed by atoms with van der Waals surface area (Å²) in [4.78, 5) is 0. The van der Waals surface area contributed by atoms with E-state index in [0.717, 1.165) is 31.5 Å². The van der Waals surface area contributed by atoms with Gasteiger partial charge in [-0.1, -0.05) is 13.3 Å². The van der Waals surface area contributed by atoms with Crippen LogP contribution in [0.2, 0.25) is 0 Å². The Bertz CT molecular complexity index is 486. The monoisotopic (exact) mass is 304 g/mol. The number of hydrogen-bond acceptors (Lipinski definition) is 2. The number of hydrogen-bond donors (Lipinski definition) is 1. The van der Waals surface area contributed by atoms with Crippen LogP contribution in [0.15, 0.2) is 0 Å². The van der Waals surface area contributed by atoms with Crippen LogP contribution < -0.4 is 0 Å². The van der Waals surface area contributed by atoms with Crippen molar-refractivity contribution in [2.24, 2.45) is 34.0 Å². The molecular weight excluding hydrogens is 272 g/mol. The third kappa shape index (κ3) is 1.55. The van der Waals surface area contributed by atoms with Gasteiger partial charge < -0.3 is 9.84 Å². The van der Waals surface area contributed by atoms with Crippen molar-refractivity contribution < 1.29 is 9.84 Å². The molecule has 0 amide bonds. The Morgan fingerprint density at radius 3 is 2.68 bits per heavy atom. The fourth-order valence-corrected chi connectivity index (χ4v) is 8.52. The Balaban J connectivity index is 1.59. The highest BCUT2D eigenvalue weighted by molar-refractivity contribution is 5.18. The molecule has 0 aromatic rings. The van der Waals surface area contributed by atoms with E-state index in [0.29, 0.717) is 22.2 Å². The normalized spacial score (nSPS) is 63.1. The minimum atomic E-state index is -0.397. The van der Waals surface area contributed by atoms with Gasteiger partial charge in [0.05, 0.1) is 18.8 Å². The van der Waals surface area contributed by atoms with Gasteiger partial charge in [-0.15, -0.1) is 0 Å². The van der Waals surface area contributed by atoms with E-state index in [-0.39, 0.29) is 0 Å². The van der Waals surface area contributed by atoms with Crippen molar-refractivity contribution in [3.63, 3.8) is 0 Å². The molecule has 1 aliphatic heterocycles. The van der Waals surface area contributed by atoms with Crippen LogP contribution in [0.1, 0.15) is 71.6 Å². The lowest BCUT2D eigenvalue weighted by molar-refractivity contribution is -0.238. The second kappa shape index (κ2) is 4.11. The van der Waals surface area contributed by atoms with Crippen LogP contribution in [0.3, 0.4) is 0 Å². The maximum Gasteiger partial charge on any atom is 0.0653 e. The molecular formula is C20H32O2. The van der Waals surface area contributed by atoms with Crippen LogP contribution in [0.4, 0.5) is 0 Å². The maximum atomic E-state index is 10.9. The quantitative estimate of drug-likeness (QED) is 0.728. The maximum absolute atomic E-state index is 10.9. The van der Waals surface area contributed by atoms with Gasteiger partial charge in [0.1, 0.15) is 0 Å². The number of rotatable bonds is 0. The van der Waals surface area contributed by atoms with Crippen molar-refractivity contribution in [2.75, 3.05) is 13.2 Å². The predicted molar refractivity (Wildman–Crippen MR) is 86.4 cm³/mol. The molecule has 5 rings (SSSR count). The van der Waals surface area contributed by atoms with Crippen LogP contribution >= 0.6 is 0 Å². The topological polar surface area (TPSA) is 29.5 Å². The van der Waals surface area contributed by atoms with Crippen LogP contribution in [-0.4, -0.2) is 23.9 Å². The molecule has 0 unspecified atom stereocenters. The van der Waals surface area contributed by atoms with Gasteiger partial charge in [-0.2, -0.15) is 0 Å². The zero-order valence-corrected chi connectivity index (χ0v) is 14.4. The first-order valence-corrected chi connectivity index (χ1v) is 9.71. The number of fused-ring (bicyclic) bond motifs is 1. The largest absolute Gasteiger partial charge is 0.390 e. The highest BCUT2D eigenvalue weighted by Crippen LogP contribution is 2.73. The molecule has 0 aromatic carbocycles. The molecule has 2 heteroatoms. The van der Waals surface area contributed by atoms with Gasteiger partial charge >= 0.3 is 0 Å². The molecule has 4 bridgehead atoms. The molecule has 4 aliphatic carbocycles. The van der Waals surface area contributed by atoms with Crippen molar-refractivity contribution in [3.05, 3.63) is 0 Å². The Hall–Kier alpha value is -0.0800. The number of aliphatic hydroxyl groups is 1. The van der Waals surface area contributed by atoms with Gasteiger partial charge in [0.2, 0.25) is 0 Å². The summed E-state index contributed by atoms with van der Waals surface area (Å²) < 4.78 is 6.24.